The molecule has 0 amide bonds. The smallest absolute Gasteiger partial charge is 0.453 e. The summed E-state index contributed by atoms with van der Waals surface area (Å²) in [6.07, 6.45) is -4.28. The first-order valence-electron chi connectivity index (χ1n) is 10.9. The monoisotopic (exact) mass is 579 g/mol. The van der Waals surface area contributed by atoms with Crippen LogP contribution in [-0.4, -0.2) is 18.2 Å². The van der Waals surface area contributed by atoms with Crippen LogP contribution in [0.4, 0.5) is 13.2 Å². The Kier molecular flexibility index (Phi) is 6.72. The molecule has 3 aromatic carbocycles. The van der Waals surface area contributed by atoms with Gasteiger partial charge in [-0.15, -0.1) is 0 Å². The van der Waals surface area contributed by atoms with Gasteiger partial charge >= 0.3 is 6.18 Å². The number of alkyl halides is 3. The summed E-state index contributed by atoms with van der Waals surface area (Å²) in [5.41, 5.74) is 0.355. The average molecular weight is 581 g/mol. The molecule has 0 saturated heterocycles. The second kappa shape index (κ2) is 9.80. The first-order valence-corrected chi connectivity index (χ1v) is 12.1. The molecular weight excluding hydrogens is 563 g/mol. The Bertz CT molecular complexity index is 1490. The van der Waals surface area contributed by atoms with E-state index < -0.39 is 23.1 Å². The number of halogens is 5. The molecule has 0 spiro atoms. The molecule has 5 nitrogen and oxygen atoms in total. The van der Waals surface area contributed by atoms with Crippen molar-refractivity contribution in [1.82, 2.24) is 4.90 Å². The highest BCUT2D eigenvalue weighted by Gasteiger charge is 2.41. The summed E-state index contributed by atoms with van der Waals surface area (Å²) in [4.78, 5) is 15.2. The van der Waals surface area contributed by atoms with E-state index in [0.29, 0.717) is 33.8 Å². The van der Waals surface area contributed by atoms with Crippen molar-refractivity contribution in [3.63, 3.8) is 0 Å². The van der Waals surface area contributed by atoms with Crippen molar-refractivity contribution in [3.8, 4) is 17.2 Å². The predicted octanol–water partition coefficient (Wildman–Crippen LogP) is 7.41. The number of fused-ring (bicyclic) bond motifs is 3. The largest absolute Gasteiger partial charge is 0.478 e. The van der Waals surface area contributed by atoms with Crippen molar-refractivity contribution < 1.29 is 27.1 Å². The van der Waals surface area contributed by atoms with Gasteiger partial charge in [-0.1, -0.05) is 35.9 Å². The molecule has 0 atom stereocenters. The molecule has 0 aliphatic carbocycles. The van der Waals surface area contributed by atoms with Crippen LogP contribution in [0.25, 0.3) is 11.0 Å². The number of hydrogen-bond acceptors (Lipinski definition) is 5. The zero-order valence-corrected chi connectivity index (χ0v) is 20.9. The summed E-state index contributed by atoms with van der Waals surface area (Å²) in [5.74, 6) is -1.98. The molecule has 36 heavy (non-hydrogen) atoms. The van der Waals surface area contributed by atoms with Crippen LogP contribution in [0, 0.1) is 0 Å². The zero-order valence-electron chi connectivity index (χ0n) is 18.6. The number of benzene rings is 3. The van der Waals surface area contributed by atoms with Crippen molar-refractivity contribution in [2.24, 2.45) is 0 Å². The molecule has 0 saturated carbocycles. The predicted molar refractivity (Wildman–Crippen MR) is 133 cm³/mol. The van der Waals surface area contributed by atoms with Crippen LogP contribution in [-0.2, 0) is 19.1 Å². The highest BCUT2D eigenvalue weighted by molar-refractivity contribution is 9.10. The Labute approximate surface area is 217 Å². The van der Waals surface area contributed by atoms with Crippen LogP contribution in [0.3, 0.4) is 0 Å². The number of hydrogen-bond donors (Lipinski definition) is 0. The van der Waals surface area contributed by atoms with E-state index in [1.54, 1.807) is 36.4 Å². The van der Waals surface area contributed by atoms with Gasteiger partial charge in [-0.25, -0.2) is 0 Å². The lowest BCUT2D eigenvalue weighted by atomic mass is 10.1. The Balaban J connectivity index is 1.53. The molecular formula is C26H18BrClF3NO4. The highest BCUT2D eigenvalue weighted by atomic mass is 79.9. The highest BCUT2D eigenvalue weighted by Crippen LogP contribution is 2.41. The van der Waals surface area contributed by atoms with Crippen molar-refractivity contribution >= 4 is 38.5 Å². The minimum atomic E-state index is -4.96. The van der Waals surface area contributed by atoms with Gasteiger partial charge in [-0.3, -0.25) is 9.69 Å². The second-order valence-corrected chi connectivity index (χ2v) is 9.53. The quantitative estimate of drug-likeness (QED) is 0.246. The number of ether oxygens (including phenoxy) is 2. The van der Waals surface area contributed by atoms with E-state index in [1.807, 2.05) is 17.0 Å². The molecule has 5 rings (SSSR count). The fourth-order valence-corrected chi connectivity index (χ4v) is 4.48. The minimum Gasteiger partial charge on any atom is -0.478 e. The van der Waals surface area contributed by atoms with Gasteiger partial charge in [-0.05, 0) is 64.3 Å². The Hall–Kier alpha value is -3.01. The third-order valence-corrected chi connectivity index (χ3v) is 6.71. The van der Waals surface area contributed by atoms with Gasteiger partial charge in [0.2, 0.25) is 11.2 Å². The van der Waals surface area contributed by atoms with E-state index in [9.17, 15) is 18.0 Å². The van der Waals surface area contributed by atoms with Crippen LogP contribution in [0.15, 0.2) is 74.3 Å². The van der Waals surface area contributed by atoms with Gasteiger partial charge in [0.1, 0.15) is 23.8 Å². The van der Waals surface area contributed by atoms with Crippen LogP contribution in [0.5, 0.6) is 17.2 Å². The maximum atomic E-state index is 14.0. The van der Waals surface area contributed by atoms with E-state index in [0.717, 1.165) is 5.56 Å². The van der Waals surface area contributed by atoms with Gasteiger partial charge in [-0.2, -0.15) is 13.2 Å². The lowest BCUT2D eigenvalue weighted by molar-refractivity contribution is -0.154. The molecule has 0 fully saturated rings. The number of rotatable bonds is 5. The summed E-state index contributed by atoms with van der Waals surface area (Å²) in [5, 5.41) is 0.617. The van der Waals surface area contributed by atoms with Gasteiger partial charge in [0, 0.05) is 18.1 Å². The molecule has 0 radical (unpaired) electrons. The van der Waals surface area contributed by atoms with Crippen molar-refractivity contribution in [3.05, 3.63) is 97.3 Å². The lowest BCUT2D eigenvalue weighted by Crippen LogP contribution is -2.34. The van der Waals surface area contributed by atoms with E-state index >= 15 is 0 Å². The SMILES string of the molecule is O=c1c(Oc2ccccc2Br)c(C(F)(F)F)oc2c3c(ccc12)OCN(CCc1ccc(Cl)cc1)C3. The molecule has 1 aromatic heterocycles. The summed E-state index contributed by atoms with van der Waals surface area (Å²) < 4.78 is 59.1. The summed E-state index contributed by atoms with van der Waals surface area (Å²) in [7, 11) is 0. The fraction of sp³-hybridized carbons (Fsp3) is 0.192. The van der Waals surface area contributed by atoms with E-state index in [4.69, 9.17) is 25.5 Å². The Morgan fingerprint density at radius 2 is 1.81 bits per heavy atom. The Morgan fingerprint density at radius 1 is 1.06 bits per heavy atom. The van der Waals surface area contributed by atoms with Crippen LogP contribution in [0.2, 0.25) is 5.02 Å². The van der Waals surface area contributed by atoms with Gasteiger partial charge < -0.3 is 13.9 Å². The van der Waals surface area contributed by atoms with Crippen LogP contribution in [0.1, 0.15) is 16.9 Å². The average Bonchev–Trinajstić information content (AvgIpc) is 2.85. The summed E-state index contributed by atoms with van der Waals surface area (Å²) >= 11 is 9.16. The van der Waals surface area contributed by atoms with E-state index in [2.05, 4.69) is 15.9 Å². The maximum absolute atomic E-state index is 14.0. The molecule has 2 heterocycles. The molecule has 0 bridgehead atoms. The molecule has 4 aromatic rings. The normalized spacial score (nSPS) is 13.9. The molecule has 1 aliphatic rings. The first kappa shape index (κ1) is 24.7. The Morgan fingerprint density at radius 3 is 2.53 bits per heavy atom. The van der Waals surface area contributed by atoms with E-state index in [1.165, 1.54) is 12.1 Å². The molecule has 0 unspecified atom stereocenters. The third-order valence-electron chi connectivity index (χ3n) is 5.80. The van der Waals surface area contributed by atoms with Gasteiger partial charge in [0.15, 0.2) is 0 Å². The molecule has 10 heteroatoms. The maximum Gasteiger partial charge on any atom is 0.453 e. The fourth-order valence-electron chi connectivity index (χ4n) is 3.99. The molecule has 186 valence electrons. The zero-order chi connectivity index (χ0) is 25.4. The number of para-hydroxylation sites is 1. The second-order valence-electron chi connectivity index (χ2n) is 8.24. The van der Waals surface area contributed by atoms with Crippen molar-refractivity contribution in [2.75, 3.05) is 13.3 Å². The standard InChI is InChI=1S/C26H18BrClF3NO4/c27-19-3-1-2-4-21(19)35-24-22(33)17-9-10-20-18(23(17)36-25(24)26(29,30)31)13-32(14-34-20)12-11-15-5-7-16(28)8-6-15/h1-10H,11-14H2. The summed E-state index contributed by atoms with van der Waals surface area (Å²) in [6, 6.07) is 16.7. The molecule has 1 aliphatic heterocycles. The lowest BCUT2D eigenvalue weighted by Gasteiger charge is -2.29. The number of nitrogens with zero attached hydrogens (tertiary/aromatic N) is 1. The minimum absolute atomic E-state index is 0.0213. The first-order chi connectivity index (χ1) is 17.2. The van der Waals surface area contributed by atoms with Crippen LogP contribution < -0.4 is 14.9 Å². The van der Waals surface area contributed by atoms with E-state index in [-0.39, 0.29) is 30.0 Å². The van der Waals surface area contributed by atoms with Gasteiger partial charge in [0.25, 0.3) is 5.76 Å². The topological polar surface area (TPSA) is 51.9 Å². The van der Waals surface area contributed by atoms with Crippen LogP contribution >= 0.6 is 27.5 Å². The van der Waals surface area contributed by atoms with Gasteiger partial charge in [0.05, 0.1) is 15.4 Å². The van der Waals surface area contributed by atoms with Crippen molar-refractivity contribution in [2.45, 2.75) is 19.1 Å². The summed E-state index contributed by atoms with van der Waals surface area (Å²) in [6.45, 7) is 1.09. The van der Waals surface area contributed by atoms with Crippen molar-refractivity contribution in [1.29, 1.82) is 0 Å². The molecule has 0 N–H and O–H groups in total. The third kappa shape index (κ3) is 4.96.